The Morgan fingerprint density at radius 3 is 1.75 bits per heavy atom. The number of para-hydroxylation sites is 3. The second kappa shape index (κ2) is 12.3. The molecule has 4 aromatic heterocycles. The van der Waals surface area contributed by atoms with E-state index in [4.69, 9.17) is 19.4 Å². The third-order valence-electron chi connectivity index (χ3n) is 11.3. The number of hydrogen-bond donors (Lipinski definition) is 0. The van der Waals surface area contributed by atoms with Gasteiger partial charge in [-0.15, -0.1) is 0 Å². The summed E-state index contributed by atoms with van der Waals surface area (Å²) in [6, 6.07) is 63.9. The van der Waals surface area contributed by atoms with Gasteiger partial charge in [0, 0.05) is 32.5 Å². The second-order valence-electron chi connectivity index (χ2n) is 14.4. The van der Waals surface area contributed by atoms with E-state index in [9.17, 15) is 0 Å². The Kier molecular flexibility index (Phi) is 6.83. The molecule has 0 saturated carbocycles. The van der Waals surface area contributed by atoms with Gasteiger partial charge in [-0.25, -0.2) is 9.97 Å². The number of rotatable bonds is 5. The van der Waals surface area contributed by atoms with E-state index < -0.39 is 0 Å². The van der Waals surface area contributed by atoms with Crippen molar-refractivity contribution in [3.63, 3.8) is 0 Å². The van der Waals surface area contributed by atoms with Crippen LogP contribution in [0.2, 0.25) is 0 Å². The van der Waals surface area contributed by atoms with Crippen LogP contribution in [-0.4, -0.2) is 24.1 Å². The van der Waals surface area contributed by atoms with Gasteiger partial charge in [-0.3, -0.25) is 4.57 Å². The van der Waals surface area contributed by atoms with Gasteiger partial charge >= 0.3 is 0 Å². The molecular weight excluding hydrogens is 699 g/mol. The Balaban J connectivity index is 1.09. The van der Waals surface area contributed by atoms with Gasteiger partial charge in [-0.05, 0) is 82.9 Å². The van der Waals surface area contributed by atoms with E-state index in [0.717, 1.165) is 82.5 Å². The van der Waals surface area contributed by atoms with Crippen molar-refractivity contribution in [3.8, 4) is 45.3 Å². The van der Waals surface area contributed by atoms with Crippen molar-refractivity contribution >= 4 is 65.6 Å². The number of nitrogens with zero attached hydrogens (tertiary/aromatic N) is 5. The first kappa shape index (κ1) is 31.5. The third kappa shape index (κ3) is 4.81. The molecule has 0 bridgehead atoms. The van der Waals surface area contributed by atoms with Gasteiger partial charge in [0.25, 0.3) is 0 Å². The molecule has 0 unspecified atom stereocenters. The van der Waals surface area contributed by atoms with E-state index in [0.29, 0.717) is 11.8 Å². The molecule has 0 N–H and O–H groups in total. The predicted molar refractivity (Wildman–Crippen MR) is 232 cm³/mol. The minimum absolute atomic E-state index is 0.556. The van der Waals surface area contributed by atoms with E-state index in [1.54, 1.807) is 6.33 Å². The predicted octanol–water partition coefficient (Wildman–Crippen LogP) is 13.0. The summed E-state index contributed by atoms with van der Waals surface area (Å²) in [5.74, 6) is 1.14. The molecule has 266 valence electrons. The Hall–Kier alpha value is -7.83. The summed E-state index contributed by atoms with van der Waals surface area (Å²) in [7, 11) is 0. The molecule has 57 heavy (non-hydrogen) atoms. The van der Waals surface area contributed by atoms with E-state index in [1.807, 2.05) is 12.1 Å². The zero-order valence-corrected chi connectivity index (χ0v) is 30.5. The first-order valence-corrected chi connectivity index (χ1v) is 19.1. The van der Waals surface area contributed by atoms with E-state index in [2.05, 4.69) is 179 Å². The van der Waals surface area contributed by atoms with Gasteiger partial charge in [0.1, 0.15) is 17.5 Å². The van der Waals surface area contributed by atoms with Crippen LogP contribution in [-0.2, 0) is 0 Å². The first-order valence-electron chi connectivity index (χ1n) is 19.1. The highest BCUT2D eigenvalue weighted by Gasteiger charge is 2.22. The summed E-state index contributed by atoms with van der Waals surface area (Å²) in [6.45, 7) is 0. The Morgan fingerprint density at radius 1 is 0.404 bits per heavy atom. The normalized spacial score (nSPS) is 11.9. The molecule has 12 rings (SSSR count). The summed E-state index contributed by atoms with van der Waals surface area (Å²) < 4.78 is 10.9. The van der Waals surface area contributed by atoms with Crippen molar-refractivity contribution in [2.45, 2.75) is 0 Å². The average Bonchev–Trinajstić information content (AvgIpc) is 3.94. The highest BCUT2D eigenvalue weighted by molar-refractivity contribution is 6.24. The van der Waals surface area contributed by atoms with Crippen LogP contribution >= 0.6 is 0 Å². The summed E-state index contributed by atoms with van der Waals surface area (Å²) in [5.41, 5.74) is 12.5. The maximum Gasteiger partial charge on any atom is 0.238 e. The van der Waals surface area contributed by atoms with Crippen molar-refractivity contribution in [1.29, 1.82) is 0 Å². The fourth-order valence-corrected chi connectivity index (χ4v) is 8.76. The number of fused-ring (bicyclic) bond motifs is 10. The van der Waals surface area contributed by atoms with Gasteiger partial charge in [0.15, 0.2) is 5.82 Å². The fraction of sp³-hybridized carbons (Fsp3) is 0. The Labute approximate surface area is 326 Å². The SMILES string of the molecule is c1ccc(-c2ccc3c(c2)c2cc(-c4ccccc4)ccc2n3-c2ncnc(-c3ccccc3-n3c4ccccc4c4ccc5oc6ccccc6c5c43)n2)cc1. The minimum Gasteiger partial charge on any atom is -0.456 e. The van der Waals surface area contributed by atoms with E-state index in [-0.39, 0.29) is 0 Å². The quantitative estimate of drug-likeness (QED) is 0.177. The zero-order chi connectivity index (χ0) is 37.5. The lowest BCUT2D eigenvalue weighted by molar-refractivity contribution is 0.669. The molecule has 0 saturated heterocycles. The number of hydrogen-bond acceptors (Lipinski definition) is 4. The number of benzene rings is 8. The highest BCUT2D eigenvalue weighted by Crippen LogP contribution is 2.42. The molecule has 12 aromatic rings. The maximum absolute atomic E-state index is 6.41. The van der Waals surface area contributed by atoms with Crippen molar-refractivity contribution in [1.82, 2.24) is 24.1 Å². The second-order valence-corrected chi connectivity index (χ2v) is 14.4. The largest absolute Gasteiger partial charge is 0.456 e. The van der Waals surface area contributed by atoms with Crippen LogP contribution in [0.3, 0.4) is 0 Å². The molecular formula is C51H31N5O. The maximum atomic E-state index is 6.41. The zero-order valence-electron chi connectivity index (χ0n) is 30.5. The van der Waals surface area contributed by atoms with Crippen molar-refractivity contribution in [2.24, 2.45) is 0 Å². The average molecular weight is 730 g/mol. The highest BCUT2D eigenvalue weighted by atomic mass is 16.3. The monoisotopic (exact) mass is 729 g/mol. The van der Waals surface area contributed by atoms with Crippen molar-refractivity contribution in [3.05, 3.63) is 188 Å². The smallest absolute Gasteiger partial charge is 0.238 e. The topological polar surface area (TPSA) is 61.7 Å². The molecule has 0 atom stereocenters. The molecule has 8 aromatic carbocycles. The lowest BCUT2D eigenvalue weighted by atomic mass is 10.0. The molecule has 0 spiro atoms. The van der Waals surface area contributed by atoms with Gasteiger partial charge in [-0.1, -0.05) is 121 Å². The molecule has 0 aliphatic heterocycles. The number of aromatic nitrogens is 5. The third-order valence-corrected chi connectivity index (χ3v) is 11.3. The molecule has 0 fully saturated rings. The van der Waals surface area contributed by atoms with E-state index in [1.165, 1.54) is 16.5 Å². The van der Waals surface area contributed by atoms with Crippen LogP contribution in [0.4, 0.5) is 0 Å². The van der Waals surface area contributed by atoms with E-state index >= 15 is 0 Å². The molecule has 6 nitrogen and oxygen atoms in total. The van der Waals surface area contributed by atoms with Crippen molar-refractivity contribution < 1.29 is 4.42 Å². The first-order chi connectivity index (χ1) is 28.3. The lowest BCUT2D eigenvalue weighted by Crippen LogP contribution is -2.05. The minimum atomic E-state index is 0.556. The van der Waals surface area contributed by atoms with Crippen LogP contribution in [0.25, 0.3) is 111 Å². The number of furan rings is 1. The summed E-state index contributed by atoms with van der Waals surface area (Å²) >= 11 is 0. The molecule has 6 heteroatoms. The Morgan fingerprint density at radius 2 is 1.02 bits per heavy atom. The molecule has 0 aliphatic rings. The van der Waals surface area contributed by atoms with Crippen LogP contribution in [0.1, 0.15) is 0 Å². The molecule has 4 heterocycles. The molecule has 0 amide bonds. The Bertz CT molecular complexity index is 3430. The summed E-state index contributed by atoms with van der Waals surface area (Å²) in [5, 5.41) is 6.76. The van der Waals surface area contributed by atoms with Crippen LogP contribution < -0.4 is 0 Å². The summed E-state index contributed by atoms with van der Waals surface area (Å²) in [4.78, 5) is 15.0. The van der Waals surface area contributed by atoms with Gasteiger partial charge in [0.05, 0.1) is 33.1 Å². The standard InChI is InChI=1S/C51H31N5O/c1-3-13-32(14-4-1)34-23-26-44-40(29-34)41-30-35(33-15-5-2-6-16-33)24-27-45(41)56(44)51-53-31-52-50(54-51)38-18-8-11-21-43(38)55-42-20-10-7-17-36(42)37-25-28-47-48(49(37)55)39-19-9-12-22-46(39)57-47/h1-31H. The fourth-order valence-electron chi connectivity index (χ4n) is 8.76. The van der Waals surface area contributed by atoms with Gasteiger partial charge < -0.3 is 8.98 Å². The van der Waals surface area contributed by atoms with Crippen LogP contribution in [0.15, 0.2) is 193 Å². The van der Waals surface area contributed by atoms with Crippen LogP contribution in [0, 0.1) is 0 Å². The molecule has 0 aliphatic carbocycles. The molecule has 0 radical (unpaired) electrons. The summed E-state index contributed by atoms with van der Waals surface area (Å²) in [6.07, 6.45) is 1.64. The lowest BCUT2D eigenvalue weighted by Gasteiger charge is -2.14. The van der Waals surface area contributed by atoms with Gasteiger partial charge in [0.2, 0.25) is 5.95 Å². The van der Waals surface area contributed by atoms with Crippen molar-refractivity contribution in [2.75, 3.05) is 0 Å². The van der Waals surface area contributed by atoms with Gasteiger partial charge in [-0.2, -0.15) is 4.98 Å². The van der Waals surface area contributed by atoms with Crippen LogP contribution in [0.5, 0.6) is 0 Å².